The van der Waals surface area contributed by atoms with Gasteiger partial charge in [-0.25, -0.2) is 4.39 Å². The number of carbonyl (C=O) groups is 1. The number of ether oxygens (including phenoxy) is 1. The normalized spacial score (nSPS) is 15.8. The Kier molecular flexibility index (Phi) is 4.69. The topological polar surface area (TPSA) is 75.9 Å². The highest BCUT2D eigenvalue weighted by atomic mass is 19.1. The fourth-order valence-electron chi connectivity index (χ4n) is 2.36. The first-order valence-electron chi connectivity index (χ1n) is 6.49. The molecule has 0 aromatic heterocycles. The predicted molar refractivity (Wildman–Crippen MR) is 74.3 cm³/mol. The molecule has 2 rings (SSSR count). The lowest BCUT2D eigenvalue weighted by Crippen LogP contribution is -2.47. The van der Waals surface area contributed by atoms with E-state index in [4.69, 9.17) is 4.74 Å². The molecule has 0 saturated carbocycles. The number of hydrogen-bond donors (Lipinski definition) is 0. The molecule has 1 aliphatic rings. The van der Waals surface area contributed by atoms with Crippen LogP contribution in [0.4, 0.5) is 15.8 Å². The zero-order chi connectivity index (χ0) is 15.4. The van der Waals surface area contributed by atoms with Gasteiger partial charge in [0.1, 0.15) is 6.29 Å². The molecule has 0 bridgehead atoms. The van der Waals surface area contributed by atoms with E-state index in [0.717, 1.165) is 12.4 Å². The van der Waals surface area contributed by atoms with E-state index in [0.29, 0.717) is 32.7 Å². The Labute approximate surface area is 121 Å². The second-order valence-electron chi connectivity index (χ2n) is 4.69. The Morgan fingerprint density at radius 3 is 2.57 bits per heavy atom. The summed E-state index contributed by atoms with van der Waals surface area (Å²) in [6.45, 7) is 2.73. The number of aldehydes is 1. The van der Waals surface area contributed by atoms with E-state index in [9.17, 15) is 19.3 Å². The van der Waals surface area contributed by atoms with Crippen molar-refractivity contribution in [2.75, 3.05) is 44.7 Å². The van der Waals surface area contributed by atoms with Gasteiger partial charge in [-0.3, -0.25) is 15.0 Å². The van der Waals surface area contributed by atoms with E-state index >= 15 is 0 Å². The van der Waals surface area contributed by atoms with Crippen molar-refractivity contribution in [2.24, 2.45) is 0 Å². The zero-order valence-corrected chi connectivity index (χ0v) is 11.6. The van der Waals surface area contributed by atoms with Crippen LogP contribution in [0.5, 0.6) is 5.75 Å². The number of nitro benzene ring substituents is 1. The smallest absolute Gasteiger partial charge is 0.313 e. The van der Waals surface area contributed by atoms with Crippen molar-refractivity contribution in [1.29, 1.82) is 0 Å². The summed E-state index contributed by atoms with van der Waals surface area (Å²) in [5.74, 6) is -0.613. The van der Waals surface area contributed by atoms with Crippen molar-refractivity contribution < 1.29 is 18.8 Å². The number of halogens is 1. The predicted octanol–water partition coefficient (Wildman–Crippen LogP) is 1.06. The molecule has 0 unspecified atom stereocenters. The number of nitro groups is 1. The summed E-state index contributed by atoms with van der Waals surface area (Å²) in [6, 6.07) is 2.23. The van der Waals surface area contributed by atoms with Crippen LogP contribution >= 0.6 is 0 Å². The van der Waals surface area contributed by atoms with Crippen LogP contribution in [-0.4, -0.2) is 55.9 Å². The van der Waals surface area contributed by atoms with Gasteiger partial charge in [0.25, 0.3) is 0 Å². The quantitative estimate of drug-likeness (QED) is 0.459. The van der Waals surface area contributed by atoms with E-state index in [-0.39, 0.29) is 11.4 Å². The first kappa shape index (κ1) is 15.2. The van der Waals surface area contributed by atoms with Crippen molar-refractivity contribution in [1.82, 2.24) is 4.90 Å². The number of benzene rings is 1. The number of rotatable bonds is 5. The number of piperazine rings is 1. The molecule has 1 aromatic carbocycles. The van der Waals surface area contributed by atoms with Crippen LogP contribution in [0.25, 0.3) is 0 Å². The third-order valence-corrected chi connectivity index (χ3v) is 3.49. The number of carbonyl (C=O) groups excluding carboxylic acids is 1. The maximum atomic E-state index is 14.1. The van der Waals surface area contributed by atoms with Crippen molar-refractivity contribution >= 4 is 17.7 Å². The molecule has 7 nitrogen and oxygen atoms in total. The van der Waals surface area contributed by atoms with Crippen LogP contribution in [0.15, 0.2) is 12.1 Å². The van der Waals surface area contributed by atoms with Gasteiger partial charge in [-0.05, 0) is 0 Å². The van der Waals surface area contributed by atoms with Gasteiger partial charge in [0.05, 0.1) is 30.3 Å². The van der Waals surface area contributed by atoms with Gasteiger partial charge in [-0.1, -0.05) is 0 Å². The average molecular weight is 297 g/mol. The maximum Gasteiger partial charge on any atom is 0.313 e. The lowest BCUT2D eigenvalue weighted by molar-refractivity contribution is -0.385. The van der Waals surface area contributed by atoms with Crippen molar-refractivity contribution in [3.63, 3.8) is 0 Å². The third kappa shape index (κ3) is 3.27. The van der Waals surface area contributed by atoms with Crippen LogP contribution < -0.4 is 9.64 Å². The van der Waals surface area contributed by atoms with Crippen molar-refractivity contribution in [3.05, 3.63) is 28.1 Å². The lowest BCUT2D eigenvalue weighted by atomic mass is 10.2. The summed E-state index contributed by atoms with van der Waals surface area (Å²) in [4.78, 5) is 24.4. The zero-order valence-electron chi connectivity index (χ0n) is 11.6. The Hall–Kier alpha value is -2.22. The lowest BCUT2D eigenvalue weighted by Gasteiger charge is -2.35. The fourth-order valence-corrected chi connectivity index (χ4v) is 2.36. The molecule has 1 aliphatic heterocycles. The average Bonchev–Trinajstić information content (AvgIpc) is 2.48. The highest BCUT2D eigenvalue weighted by Crippen LogP contribution is 2.34. The third-order valence-electron chi connectivity index (χ3n) is 3.49. The standard InChI is InChI=1S/C13H16FN3O4/c1-21-13-9-11(10(14)8-12(13)17(19)20)16-4-2-15(3-5-16)6-7-18/h7-9H,2-6H2,1H3. The van der Waals surface area contributed by atoms with Crippen molar-refractivity contribution in [3.8, 4) is 5.75 Å². The summed E-state index contributed by atoms with van der Waals surface area (Å²) < 4.78 is 19.0. The molecule has 1 saturated heterocycles. The van der Waals surface area contributed by atoms with E-state index in [1.54, 1.807) is 4.90 Å². The molecule has 0 N–H and O–H groups in total. The molecule has 1 aromatic rings. The van der Waals surface area contributed by atoms with Crippen LogP contribution in [0.2, 0.25) is 0 Å². The van der Waals surface area contributed by atoms with Crippen molar-refractivity contribution in [2.45, 2.75) is 0 Å². The van der Waals surface area contributed by atoms with Gasteiger partial charge in [0.2, 0.25) is 0 Å². The van der Waals surface area contributed by atoms with Gasteiger partial charge < -0.3 is 14.4 Å². The van der Waals surface area contributed by atoms with Gasteiger partial charge in [0.15, 0.2) is 11.6 Å². The van der Waals surface area contributed by atoms with E-state index < -0.39 is 16.4 Å². The van der Waals surface area contributed by atoms with E-state index in [2.05, 4.69) is 0 Å². The summed E-state index contributed by atoms with van der Waals surface area (Å²) in [7, 11) is 1.31. The van der Waals surface area contributed by atoms with Gasteiger partial charge >= 0.3 is 5.69 Å². The molecule has 0 spiro atoms. The minimum atomic E-state index is -0.673. The molecule has 114 valence electrons. The van der Waals surface area contributed by atoms with Gasteiger partial charge in [0, 0.05) is 32.2 Å². The fraction of sp³-hybridized carbons (Fsp3) is 0.462. The SMILES string of the molecule is COc1cc(N2CCN(CC=O)CC2)c(F)cc1[N+](=O)[O-]. The first-order valence-corrected chi connectivity index (χ1v) is 6.49. The number of hydrogen-bond acceptors (Lipinski definition) is 6. The largest absolute Gasteiger partial charge is 0.490 e. The highest BCUT2D eigenvalue weighted by molar-refractivity contribution is 5.60. The van der Waals surface area contributed by atoms with Crippen LogP contribution in [0.3, 0.4) is 0 Å². The maximum absolute atomic E-state index is 14.1. The first-order chi connectivity index (χ1) is 10.1. The van der Waals surface area contributed by atoms with Crippen LogP contribution in [0.1, 0.15) is 0 Å². The number of methoxy groups -OCH3 is 1. The Bertz CT molecular complexity index is 544. The minimum absolute atomic E-state index is 0.0340. The molecule has 0 atom stereocenters. The number of nitrogens with zero attached hydrogens (tertiary/aromatic N) is 3. The molecule has 1 heterocycles. The minimum Gasteiger partial charge on any atom is -0.490 e. The van der Waals surface area contributed by atoms with Crippen LogP contribution in [-0.2, 0) is 4.79 Å². The highest BCUT2D eigenvalue weighted by Gasteiger charge is 2.24. The van der Waals surface area contributed by atoms with Gasteiger partial charge in [-0.15, -0.1) is 0 Å². The second kappa shape index (κ2) is 6.49. The molecule has 8 heteroatoms. The van der Waals surface area contributed by atoms with Gasteiger partial charge in [-0.2, -0.15) is 0 Å². The molecule has 21 heavy (non-hydrogen) atoms. The van der Waals surface area contributed by atoms with E-state index in [1.807, 2.05) is 4.90 Å². The number of anilines is 1. The summed E-state index contributed by atoms with van der Waals surface area (Å²) in [5.41, 5.74) is -0.110. The summed E-state index contributed by atoms with van der Waals surface area (Å²) in [6.07, 6.45) is 0.838. The molecule has 0 aliphatic carbocycles. The molecule has 0 radical (unpaired) electrons. The Morgan fingerprint density at radius 2 is 2.05 bits per heavy atom. The monoisotopic (exact) mass is 297 g/mol. The summed E-state index contributed by atoms with van der Waals surface area (Å²) >= 11 is 0. The molecular weight excluding hydrogens is 281 g/mol. The second-order valence-corrected chi connectivity index (χ2v) is 4.69. The Morgan fingerprint density at radius 1 is 1.38 bits per heavy atom. The molecular formula is C13H16FN3O4. The molecule has 0 amide bonds. The van der Waals surface area contributed by atoms with Crippen LogP contribution in [0, 0.1) is 15.9 Å². The summed E-state index contributed by atoms with van der Waals surface area (Å²) in [5, 5.41) is 10.8. The van der Waals surface area contributed by atoms with E-state index in [1.165, 1.54) is 13.2 Å². The molecule has 1 fully saturated rings. The Balaban J connectivity index is 2.21.